The van der Waals surface area contributed by atoms with E-state index in [2.05, 4.69) is 32.2 Å². The normalized spacial score (nSPS) is 18.9. The number of hydrogen-bond acceptors (Lipinski definition) is 3. The number of halogens is 2. The van der Waals surface area contributed by atoms with Gasteiger partial charge in [0.1, 0.15) is 11.9 Å². The van der Waals surface area contributed by atoms with Crippen LogP contribution in [0.25, 0.3) is 0 Å². The van der Waals surface area contributed by atoms with Gasteiger partial charge in [-0.15, -0.1) is 0 Å². The SMILES string of the molecule is N#CC(c1ccc(F)c(Br)c1)N1CCCNCC1. The second kappa shape index (κ2) is 6.28. The highest BCUT2D eigenvalue weighted by molar-refractivity contribution is 9.10. The summed E-state index contributed by atoms with van der Waals surface area (Å²) in [6, 6.07) is 6.80. The fourth-order valence-electron chi connectivity index (χ4n) is 2.17. The molecule has 2 rings (SSSR count). The first-order valence-electron chi connectivity index (χ1n) is 6.01. The number of rotatable bonds is 2. The Balaban J connectivity index is 2.21. The first-order valence-corrected chi connectivity index (χ1v) is 6.81. The Morgan fingerprint density at radius 2 is 2.22 bits per heavy atom. The molecule has 1 atom stereocenters. The van der Waals surface area contributed by atoms with Crippen LogP contribution in [0.3, 0.4) is 0 Å². The number of nitrogens with zero attached hydrogens (tertiary/aromatic N) is 2. The van der Waals surface area contributed by atoms with E-state index >= 15 is 0 Å². The van der Waals surface area contributed by atoms with Gasteiger partial charge in [-0.1, -0.05) is 6.07 Å². The van der Waals surface area contributed by atoms with E-state index in [0.29, 0.717) is 4.47 Å². The van der Waals surface area contributed by atoms with Gasteiger partial charge >= 0.3 is 0 Å². The highest BCUT2D eigenvalue weighted by Gasteiger charge is 2.21. The molecule has 0 aromatic heterocycles. The van der Waals surface area contributed by atoms with Crippen LogP contribution in [0.15, 0.2) is 22.7 Å². The maximum atomic E-state index is 13.2. The molecule has 1 aliphatic heterocycles. The van der Waals surface area contributed by atoms with E-state index in [4.69, 9.17) is 0 Å². The van der Waals surface area contributed by atoms with Crippen LogP contribution in [0.4, 0.5) is 4.39 Å². The van der Waals surface area contributed by atoms with E-state index in [0.717, 1.165) is 38.2 Å². The largest absolute Gasteiger partial charge is 0.315 e. The molecule has 96 valence electrons. The van der Waals surface area contributed by atoms with Crippen LogP contribution in [0.5, 0.6) is 0 Å². The van der Waals surface area contributed by atoms with Crippen LogP contribution >= 0.6 is 15.9 Å². The van der Waals surface area contributed by atoms with E-state index in [9.17, 15) is 9.65 Å². The molecule has 1 aliphatic rings. The Bertz CT molecular complexity index is 450. The zero-order valence-corrected chi connectivity index (χ0v) is 11.6. The number of nitriles is 1. The lowest BCUT2D eigenvalue weighted by atomic mass is 10.1. The van der Waals surface area contributed by atoms with Crippen LogP contribution in [0, 0.1) is 17.1 Å². The molecule has 1 N–H and O–H groups in total. The van der Waals surface area contributed by atoms with Crippen molar-refractivity contribution in [2.45, 2.75) is 12.5 Å². The highest BCUT2D eigenvalue weighted by Crippen LogP contribution is 2.25. The molecule has 0 spiro atoms. The van der Waals surface area contributed by atoms with Gasteiger partial charge in [0.25, 0.3) is 0 Å². The fourth-order valence-corrected chi connectivity index (χ4v) is 2.57. The van der Waals surface area contributed by atoms with E-state index in [1.807, 2.05) is 0 Å². The van der Waals surface area contributed by atoms with Crippen molar-refractivity contribution in [3.05, 3.63) is 34.1 Å². The van der Waals surface area contributed by atoms with E-state index < -0.39 is 0 Å². The molecule has 18 heavy (non-hydrogen) atoms. The maximum Gasteiger partial charge on any atom is 0.137 e. The van der Waals surface area contributed by atoms with Crippen molar-refractivity contribution in [2.24, 2.45) is 0 Å². The van der Waals surface area contributed by atoms with Crippen LogP contribution in [0.1, 0.15) is 18.0 Å². The van der Waals surface area contributed by atoms with Gasteiger partial charge in [0, 0.05) is 19.6 Å². The lowest BCUT2D eigenvalue weighted by Gasteiger charge is -2.25. The lowest BCUT2D eigenvalue weighted by Crippen LogP contribution is -2.31. The van der Waals surface area contributed by atoms with Crippen molar-refractivity contribution < 1.29 is 4.39 Å². The molecule has 1 aromatic carbocycles. The quantitative estimate of drug-likeness (QED) is 0.912. The monoisotopic (exact) mass is 311 g/mol. The lowest BCUT2D eigenvalue weighted by molar-refractivity contribution is 0.252. The molecule has 1 saturated heterocycles. The Hall–Kier alpha value is -0.960. The van der Waals surface area contributed by atoms with Crippen LogP contribution in [0.2, 0.25) is 0 Å². The maximum absolute atomic E-state index is 13.2. The average molecular weight is 312 g/mol. The molecule has 0 bridgehead atoms. The minimum absolute atomic E-state index is 0.298. The van der Waals surface area contributed by atoms with Crippen molar-refractivity contribution in [3.8, 4) is 6.07 Å². The molecule has 0 saturated carbocycles. The van der Waals surface area contributed by atoms with Crippen molar-refractivity contribution in [2.75, 3.05) is 26.2 Å². The summed E-state index contributed by atoms with van der Waals surface area (Å²) in [6.45, 7) is 3.61. The number of hydrogen-bond donors (Lipinski definition) is 1. The van der Waals surface area contributed by atoms with Gasteiger partial charge in [-0.25, -0.2) is 4.39 Å². The molecule has 1 aromatic rings. The molecule has 3 nitrogen and oxygen atoms in total. The zero-order valence-electron chi connectivity index (χ0n) is 10.00. The molecule has 5 heteroatoms. The summed E-state index contributed by atoms with van der Waals surface area (Å²) in [7, 11) is 0. The predicted molar refractivity (Wildman–Crippen MR) is 71.5 cm³/mol. The van der Waals surface area contributed by atoms with Crippen molar-refractivity contribution >= 4 is 15.9 Å². The molecular weight excluding hydrogens is 297 g/mol. The van der Waals surface area contributed by atoms with Crippen molar-refractivity contribution in [3.63, 3.8) is 0 Å². The summed E-state index contributed by atoms with van der Waals surface area (Å²) in [5.74, 6) is -0.298. The van der Waals surface area contributed by atoms with Gasteiger partial charge in [-0.3, -0.25) is 4.90 Å². The summed E-state index contributed by atoms with van der Waals surface area (Å²) < 4.78 is 13.6. The smallest absolute Gasteiger partial charge is 0.137 e. The third-order valence-electron chi connectivity index (χ3n) is 3.12. The molecule has 0 amide bonds. The Morgan fingerprint density at radius 1 is 1.39 bits per heavy atom. The van der Waals surface area contributed by atoms with E-state index in [1.165, 1.54) is 6.07 Å². The van der Waals surface area contributed by atoms with Crippen molar-refractivity contribution in [1.29, 1.82) is 5.26 Å². The first-order chi connectivity index (χ1) is 8.72. The summed E-state index contributed by atoms with van der Waals surface area (Å²) >= 11 is 3.17. The molecule has 0 radical (unpaired) electrons. The Kier molecular flexibility index (Phi) is 4.70. The van der Waals surface area contributed by atoms with Gasteiger partial charge in [0.15, 0.2) is 0 Å². The fraction of sp³-hybridized carbons (Fsp3) is 0.462. The minimum atomic E-state index is -0.304. The topological polar surface area (TPSA) is 39.1 Å². The van der Waals surface area contributed by atoms with Crippen LogP contribution in [-0.2, 0) is 0 Å². The van der Waals surface area contributed by atoms with E-state index in [-0.39, 0.29) is 11.9 Å². The minimum Gasteiger partial charge on any atom is -0.315 e. The van der Waals surface area contributed by atoms with Gasteiger partial charge in [0.2, 0.25) is 0 Å². The predicted octanol–water partition coefficient (Wildman–Crippen LogP) is 2.45. The van der Waals surface area contributed by atoms with Crippen molar-refractivity contribution in [1.82, 2.24) is 10.2 Å². The van der Waals surface area contributed by atoms with E-state index in [1.54, 1.807) is 12.1 Å². The summed E-state index contributed by atoms with van der Waals surface area (Å²) in [6.07, 6.45) is 1.03. The van der Waals surface area contributed by atoms with Crippen LogP contribution in [-0.4, -0.2) is 31.1 Å². The summed E-state index contributed by atoms with van der Waals surface area (Å²) in [4.78, 5) is 2.14. The zero-order chi connectivity index (χ0) is 13.0. The number of nitrogens with one attached hydrogen (secondary N) is 1. The summed E-state index contributed by atoms with van der Waals surface area (Å²) in [5, 5.41) is 12.7. The molecule has 1 unspecified atom stereocenters. The Labute approximate surface area is 115 Å². The van der Waals surface area contributed by atoms with Crippen LogP contribution < -0.4 is 5.32 Å². The first kappa shape index (κ1) is 13.5. The summed E-state index contributed by atoms with van der Waals surface area (Å²) in [5.41, 5.74) is 0.840. The standard InChI is InChI=1S/C13H15BrFN3/c14-11-8-10(2-3-12(11)15)13(9-16)18-6-1-4-17-5-7-18/h2-3,8,13,17H,1,4-7H2. The second-order valence-corrected chi connectivity index (χ2v) is 5.20. The molecule has 1 fully saturated rings. The number of benzene rings is 1. The Morgan fingerprint density at radius 3 is 2.94 bits per heavy atom. The average Bonchev–Trinajstić information content (AvgIpc) is 2.64. The third-order valence-corrected chi connectivity index (χ3v) is 3.73. The van der Waals surface area contributed by atoms with Gasteiger partial charge < -0.3 is 5.32 Å². The van der Waals surface area contributed by atoms with Gasteiger partial charge in [0.05, 0.1) is 10.5 Å². The molecule has 1 heterocycles. The van der Waals surface area contributed by atoms with Gasteiger partial charge in [-0.2, -0.15) is 5.26 Å². The molecule has 0 aliphatic carbocycles. The third kappa shape index (κ3) is 3.08. The second-order valence-electron chi connectivity index (χ2n) is 4.34. The van der Waals surface area contributed by atoms with Gasteiger partial charge in [-0.05, 0) is 46.6 Å². The highest BCUT2D eigenvalue weighted by atomic mass is 79.9. The molecular formula is C13H15BrFN3.